The van der Waals surface area contributed by atoms with Crippen LogP contribution in [0.2, 0.25) is 0 Å². The monoisotopic (exact) mass is 502 g/mol. The zero-order valence-corrected chi connectivity index (χ0v) is 22.1. The van der Waals surface area contributed by atoms with Gasteiger partial charge in [-0.05, 0) is 36.3 Å². The van der Waals surface area contributed by atoms with Crippen LogP contribution in [-0.2, 0) is 0 Å². The second-order valence-electron chi connectivity index (χ2n) is 9.48. The number of hydrogen-bond acceptors (Lipinski definition) is 6. The normalized spacial score (nSPS) is 12.3. The smallest absolute Gasteiger partial charge is 0.317 e. The lowest BCUT2D eigenvalue weighted by Gasteiger charge is -2.13. The predicted octanol–water partition coefficient (Wildman–Crippen LogP) is 8.75. The number of rotatable bonds is 14. The lowest BCUT2D eigenvalue weighted by atomic mass is 9.93. The Morgan fingerprint density at radius 3 is 1.75 bits per heavy atom. The largest absolute Gasteiger partial charge is 0.508 e. The molecule has 0 aliphatic rings. The van der Waals surface area contributed by atoms with Crippen LogP contribution >= 0.6 is 0 Å². The summed E-state index contributed by atoms with van der Waals surface area (Å²) in [5.74, 6) is 0.289. The van der Waals surface area contributed by atoms with Gasteiger partial charge in [0, 0.05) is 11.6 Å². The van der Waals surface area contributed by atoms with Crippen LogP contribution < -0.4 is 0 Å². The van der Waals surface area contributed by atoms with Crippen molar-refractivity contribution >= 4 is 11.4 Å². The first-order chi connectivity index (χ1) is 17.1. The average molecular weight is 503 g/mol. The van der Waals surface area contributed by atoms with Gasteiger partial charge in [0.15, 0.2) is 5.75 Å². The Kier molecular flexibility index (Phi) is 14.1. The van der Waals surface area contributed by atoms with Crippen molar-refractivity contribution < 1.29 is 20.1 Å². The van der Waals surface area contributed by atoms with Gasteiger partial charge >= 0.3 is 5.69 Å². The van der Waals surface area contributed by atoms with Crippen LogP contribution in [0.15, 0.2) is 36.4 Å². The van der Waals surface area contributed by atoms with E-state index in [0.29, 0.717) is 11.7 Å². The Labute approximate surface area is 214 Å². The minimum absolute atomic E-state index is 0.166. The van der Waals surface area contributed by atoms with Crippen LogP contribution in [0, 0.1) is 20.2 Å². The molecule has 200 valence electrons. The molecule has 2 aromatic carbocycles. The number of non-ortho nitro benzene ring substituents is 1. The summed E-state index contributed by atoms with van der Waals surface area (Å²) < 4.78 is 0. The highest BCUT2D eigenvalue weighted by Gasteiger charge is 2.26. The van der Waals surface area contributed by atoms with Crippen molar-refractivity contribution in [1.82, 2.24) is 0 Å². The van der Waals surface area contributed by atoms with E-state index in [0.717, 1.165) is 43.7 Å². The van der Waals surface area contributed by atoms with Crippen LogP contribution in [-0.4, -0.2) is 20.1 Å². The molecule has 36 heavy (non-hydrogen) atoms. The van der Waals surface area contributed by atoms with E-state index in [1.54, 1.807) is 6.07 Å². The molecule has 0 saturated heterocycles. The highest BCUT2D eigenvalue weighted by atomic mass is 16.6. The summed E-state index contributed by atoms with van der Waals surface area (Å²) in [4.78, 5) is 20.3. The maximum atomic E-state index is 10.9. The number of phenolic OH excluding ortho intramolecular Hbond substituents is 2. The Hall–Kier alpha value is -3.16. The fourth-order valence-electron chi connectivity index (χ4n) is 4.22. The van der Waals surface area contributed by atoms with Gasteiger partial charge in [-0.25, -0.2) is 0 Å². The van der Waals surface area contributed by atoms with Gasteiger partial charge in [-0.3, -0.25) is 20.2 Å². The number of aromatic hydroxyl groups is 2. The molecular formula is C28H42N2O6. The van der Waals surface area contributed by atoms with Gasteiger partial charge < -0.3 is 10.2 Å². The molecule has 0 heterocycles. The SMILES string of the molecule is CCCCCCC(C)c1cc([N+](=O)[O-])cc([N+](=O)[O-])c1O.CCCCCCC(C)c1ccccc1O. The van der Waals surface area contributed by atoms with Gasteiger partial charge in [0.05, 0.1) is 15.9 Å². The van der Waals surface area contributed by atoms with Crippen LogP contribution in [0.4, 0.5) is 11.4 Å². The van der Waals surface area contributed by atoms with Gasteiger partial charge in [-0.15, -0.1) is 0 Å². The van der Waals surface area contributed by atoms with Crippen molar-refractivity contribution in [2.45, 2.75) is 104 Å². The summed E-state index contributed by atoms with van der Waals surface area (Å²) in [5, 5.41) is 41.4. The quantitative estimate of drug-likeness (QED) is 0.151. The van der Waals surface area contributed by atoms with Gasteiger partial charge in [-0.1, -0.05) is 97.3 Å². The third-order valence-electron chi connectivity index (χ3n) is 6.49. The third-order valence-corrected chi connectivity index (χ3v) is 6.49. The Bertz CT molecular complexity index is 963. The lowest BCUT2D eigenvalue weighted by molar-refractivity contribution is -0.394. The number of para-hydroxylation sites is 1. The van der Waals surface area contributed by atoms with Crippen LogP contribution in [0.3, 0.4) is 0 Å². The molecule has 0 saturated carbocycles. The van der Waals surface area contributed by atoms with E-state index in [-0.39, 0.29) is 17.2 Å². The minimum atomic E-state index is -0.796. The third kappa shape index (κ3) is 10.2. The summed E-state index contributed by atoms with van der Waals surface area (Å²) in [6.45, 7) is 8.33. The van der Waals surface area contributed by atoms with Crippen LogP contribution in [0.25, 0.3) is 0 Å². The van der Waals surface area contributed by atoms with E-state index >= 15 is 0 Å². The van der Waals surface area contributed by atoms with Crippen molar-refractivity contribution in [3.8, 4) is 11.5 Å². The second-order valence-corrected chi connectivity index (χ2v) is 9.48. The van der Waals surface area contributed by atoms with Crippen molar-refractivity contribution in [3.05, 3.63) is 67.8 Å². The van der Waals surface area contributed by atoms with Gasteiger partial charge in [0.25, 0.3) is 5.69 Å². The Morgan fingerprint density at radius 1 is 0.750 bits per heavy atom. The maximum absolute atomic E-state index is 10.9. The summed E-state index contributed by atoms with van der Waals surface area (Å²) >= 11 is 0. The molecule has 2 aromatic rings. The molecule has 0 aliphatic carbocycles. The first kappa shape index (κ1) is 30.9. The highest BCUT2D eigenvalue weighted by molar-refractivity contribution is 5.58. The molecule has 2 N–H and O–H groups in total. The first-order valence-corrected chi connectivity index (χ1v) is 13.1. The highest BCUT2D eigenvalue weighted by Crippen LogP contribution is 2.39. The van der Waals surface area contributed by atoms with Crippen LogP contribution in [0.1, 0.15) is 115 Å². The van der Waals surface area contributed by atoms with Crippen molar-refractivity contribution in [2.24, 2.45) is 0 Å². The Morgan fingerprint density at radius 2 is 1.28 bits per heavy atom. The molecule has 0 aliphatic heterocycles. The summed E-state index contributed by atoms with van der Waals surface area (Å²) in [7, 11) is 0. The molecule has 8 heteroatoms. The summed E-state index contributed by atoms with van der Waals surface area (Å²) in [5.41, 5.74) is 0.385. The average Bonchev–Trinajstić information content (AvgIpc) is 2.84. The zero-order valence-electron chi connectivity index (χ0n) is 22.1. The van der Waals surface area contributed by atoms with E-state index in [1.165, 1.54) is 38.2 Å². The predicted molar refractivity (Wildman–Crippen MR) is 144 cm³/mol. The number of nitro groups is 2. The number of hydrogen-bond donors (Lipinski definition) is 2. The number of phenols is 2. The fourth-order valence-corrected chi connectivity index (χ4v) is 4.22. The Balaban J connectivity index is 0.000000381. The number of nitrogens with zero attached hydrogens (tertiary/aromatic N) is 2. The van der Waals surface area contributed by atoms with E-state index in [1.807, 2.05) is 25.1 Å². The molecule has 2 rings (SSSR count). The van der Waals surface area contributed by atoms with Crippen molar-refractivity contribution in [1.29, 1.82) is 0 Å². The molecule has 8 nitrogen and oxygen atoms in total. The van der Waals surface area contributed by atoms with E-state index in [4.69, 9.17) is 0 Å². The van der Waals surface area contributed by atoms with Gasteiger partial charge in [0.1, 0.15) is 5.75 Å². The lowest BCUT2D eigenvalue weighted by Crippen LogP contribution is -2.00. The molecule has 0 spiro atoms. The van der Waals surface area contributed by atoms with Gasteiger partial charge in [-0.2, -0.15) is 0 Å². The topological polar surface area (TPSA) is 127 Å². The van der Waals surface area contributed by atoms with E-state index < -0.39 is 21.3 Å². The molecule has 2 atom stereocenters. The number of unbranched alkanes of at least 4 members (excludes halogenated alkanes) is 6. The maximum Gasteiger partial charge on any atom is 0.317 e. The number of nitro benzene ring substituents is 2. The van der Waals surface area contributed by atoms with Crippen molar-refractivity contribution in [3.63, 3.8) is 0 Å². The zero-order chi connectivity index (χ0) is 27.1. The van der Waals surface area contributed by atoms with E-state index in [2.05, 4.69) is 20.8 Å². The van der Waals surface area contributed by atoms with Gasteiger partial charge in [0.2, 0.25) is 0 Å². The molecule has 2 unspecified atom stereocenters. The minimum Gasteiger partial charge on any atom is -0.508 e. The molecule has 0 bridgehead atoms. The summed E-state index contributed by atoms with van der Waals surface area (Å²) in [6.07, 6.45) is 11.3. The van der Waals surface area contributed by atoms with E-state index in [9.17, 15) is 30.4 Å². The molecule has 0 aromatic heterocycles. The van der Waals surface area contributed by atoms with Crippen LogP contribution in [0.5, 0.6) is 11.5 Å². The molecule has 0 fully saturated rings. The summed E-state index contributed by atoms with van der Waals surface area (Å²) in [6, 6.07) is 9.70. The standard InChI is InChI=1S/C14H20N2O5.C14H22O/c1-3-4-5-6-7-10(2)12-8-11(15(18)19)9-13(14(12)17)16(20)21;1-3-4-5-6-9-12(2)13-10-7-8-11-14(13)15/h8-10,17H,3-7H2,1-2H3;7-8,10-12,15H,3-6,9H2,1-2H3. The number of benzene rings is 2. The first-order valence-electron chi connectivity index (χ1n) is 13.1. The molecule has 0 radical (unpaired) electrons. The fraction of sp³-hybridized carbons (Fsp3) is 0.571. The molecule has 0 amide bonds. The van der Waals surface area contributed by atoms with Crippen molar-refractivity contribution in [2.75, 3.05) is 0 Å². The second kappa shape index (κ2) is 16.5. The molecular weight excluding hydrogens is 460 g/mol.